The summed E-state index contributed by atoms with van der Waals surface area (Å²) in [7, 11) is 10.8. The molecule has 0 amide bonds. The van der Waals surface area contributed by atoms with Crippen LogP contribution < -0.4 is 22.8 Å². The predicted octanol–water partition coefficient (Wildman–Crippen LogP) is 25.9. The molecule has 5 aromatic heterocycles. The molecule has 0 unspecified atom stereocenters. The van der Waals surface area contributed by atoms with Crippen molar-refractivity contribution < 1.29 is 22.8 Å². The van der Waals surface area contributed by atoms with E-state index in [1.807, 2.05) is 0 Å². The van der Waals surface area contributed by atoms with Gasteiger partial charge in [-0.05, 0) is 301 Å². The zero-order valence-corrected chi connectivity index (χ0v) is 71.9. The molecular formula is C109H122N5+5. The number of hydrogen-bond acceptors (Lipinski definition) is 0. The Morgan fingerprint density at radius 1 is 0.237 bits per heavy atom. The molecule has 0 aliphatic heterocycles. The molecule has 18 rings (SSSR count). The normalized spacial score (nSPS) is 13.7. The first-order valence-corrected chi connectivity index (χ1v) is 42.3. The minimum atomic E-state index is 0.740. The molecule has 3 aliphatic rings. The number of rotatable bonds is 8. The van der Waals surface area contributed by atoms with Crippen LogP contribution in [0.1, 0.15) is 190 Å². The van der Waals surface area contributed by atoms with Crippen LogP contribution >= 0.6 is 0 Å². The Kier molecular flexibility index (Phi) is 24.2. The average Bonchev–Trinajstić information content (AvgIpc) is 1.13. The zero-order valence-electron chi connectivity index (χ0n) is 71.9. The van der Waals surface area contributed by atoms with Crippen LogP contribution in [-0.4, -0.2) is 0 Å². The highest BCUT2D eigenvalue weighted by Crippen LogP contribution is 2.43. The van der Waals surface area contributed by atoms with E-state index in [-0.39, 0.29) is 0 Å². The topological polar surface area (TPSA) is 19.4 Å². The highest BCUT2D eigenvalue weighted by Gasteiger charge is 2.28. The lowest BCUT2D eigenvalue weighted by molar-refractivity contribution is -0.665. The lowest BCUT2D eigenvalue weighted by atomic mass is 9.89. The maximum atomic E-state index is 2.47. The summed E-state index contributed by atoms with van der Waals surface area (Å²) in [6, 6.07) is 76.7. The minimum absolute atomic E-state index is 0.740. The first-order valence-electron chi connectivity index (χ1n) is 42.3. The van der Waals surface area contributed by atoms with E-state index < -0.39 is 0 Å². The van der Waals surface area contributed by atoms with E-state index in [4.69, 9.17) is 0 Å². The standard InChI is InChI=1S/3C24H28N.C19H20N.C18H18N/c1-16-14-17(2)18(3)23(15-16)24-22-11-7-10-20(19-8-5-6-9-19)21(22)12-13-25(24)4;1-16-13-17(2)18(3)23(14-16)24-22-10-9-20(19-7-5-6-8-19)15-21(22)11-12-25(24)4;1-16-13-17(2)18(3)22(14-16)24-23-15-21(19-7-5-6-8-19)10-9-20(23)11-12-25(24)4;1-13-11-14(2)15(3)18(12-13)19-17-8-6-5-7-16(17)9-10-20(19)4;1-13-8-4-6-10-16(13)18-17-11-7-5-9-15(17)12-14(2)19(18)3/h7,10-15,19H,5-6,8-9H2,1-4H3;2*9-15,19H,5-8H2,1-4H3;5-12H,1-4H3;4-12H,1-3H3/q5*+1. The Bertz CT molecular complexity index is 6060. The predicted molar refractivity (Wildman–Crippen MR) is 483 cm³/mol. The summed E-state index contributed by atoms with van der Waals surface area (Å²) in [5.74, 6) is 2.26. The molecule has 3 saturated carbocycles. The maximum absolute atomic E-state index is 2.47. The van der Waals surface area contributed by atoms with Gasteiger partial charge in [0.2, 0.25) is 28.5 Å². The molecule has 0 spiro atoms. The van der Waals surface area contributed by atoms with E-state index in [1.165, 1.54) is 276 Å². The monoisotopic (exact) mass is 1500 g/mol. The molecule has 15 aromatic rings. The van der Waals surface area contributed by atoms with E-state index >= 15 is 0 Å². The number of nitrogens with zero attached hydrogens (tertiary/aromatic N) is 5. The number of fused-ring (bicyclic) bond motifs is 5. The van der Waals surface area contributed by atoms with Gasteiger partial charge in [0.15, 0.2) is 30.5 Å². The molecule has 114 heavy (non-hydrogen) atoms. The van der Waals surface area contributed by atoms with Crippen molar-refractivity contribution in [3.05, 3.63) is 326 Å². The lowest BCUT2D eigenvalue weighted by Crippen LogP contribution is -2.35. The molecule has 5 nitrogen and oxygen atoms in total. The van der Waals surface area contributed by atoms with Crippen molar-refractivity contribution in [1.29, 1.82) is 0 Å². The van der Waals surface area contributed by atoms with Crippen LogP contribution in [0, 0.1) is 96.9 Å². The molecule has 0 atom stereocenters. The van der Waals surface area contributed by atoms with Crippen LogP contribution in [0.4, 0.5) is 0 Å². The van der Waals surface area contributed by atoms with Crippen molar-refractivity contribution >= 4 is 53.9 Å². The maximum Gasteiger partial charge on any atom is 0.220 e. The van der Waals surface area contributed by atoms with Crippen molar-refractivity contribution in [2.24, 2.45) is 35.2 Å². The van der Waals surface area contributed by atoms with Gasteiger partial charge in [-0.2, -0.15) is 4.57 Å². The fraction of sp³-hybridized carbons (Fsp3) is 0.312. The number of hydrogen-bond donors (Lipinski definition) is 0. The van der Waals surface area contributed by atoms with Gasteiger partial charge in [-0.15, -0.1) is 0 Å². The van der Waals surface area contributed by atoms with Crippen LogP contribution in [0.2, 0.25) is 0 Å². The van der Waals surface area contributed by atoms with Crippen molar-refractivity contribution in [2.45, 2.75) is 192 Å². The van der Waals surface area contributed by atoms with Gasteiger partial charge in [-0.1, -0.05) is 176 Å². The number of aryl methyl sites for hydroxylation is 14. The summed E-state index contributed by atoms with van der Waals surface area (Å²) < 4.78 is 11.4. The Labute approximate surface area is 681 Å². The number of aromatic nitrogens is 5. The summed E-state index contributed by atoms with van der Waals surface area (Å²) in [5.41, 5.74) is 36.9. The second kappa shape index (κ2) is 34.5. The first-order chi connectivity index (χ1) is 54.9. The van der Waals surface area contributed by atoms with Gasteiger partial charge >= 0.3 is 0 Å². The van der Waals surface area contributed by atoms with E-state index in [9.17, 15) is 0 Å². The fourth-order valence-electron chi connectivity index (χ4n) is 19.3. The summed E-state index contributed by atoms with van der Waals surface area (Å²) >= 11 is 0. The van der Waals surface area contributed by atoms with E-state index in [0.717, 1.165) is 17.8 Å². The Hall–Kier alpha value is -10.8. The Morgan fingerprint density at radius 3 is 1.09 bits per heavy atom. The van der Waals surface area contributed by atoms with Crippen LogP contribution in [0.25, 0.3) is 110 Å². The van der Waals surface area contributed by atoms with Gasteiger partial charge in [0.05, 0.1) is 49.2 Å². The summed E-state index contributed by atoms with van der Waals surface area (Å²) in [6.45, 7) is 30.9. The third-order valence-corrected chi connectivity index (χ3v) is 26.1. The average molecular weight is 1500 g/mol. The minimum Gasteiger partial charge on any atom is -0.200 e. The Morgan fingerprint density at radius 2 is 0.596 bits per heavy atom. The van der Waals surface area contributed by atoms with Gasteiger partial charge in [-0.3, -0.25) is 0 Å². The summed E-state index contributed by atoms with van der Waals surface area (Å²) in [4.78, 5) is 0. The van der Waals surface area contributed by atoms with Crippen molar-refractivity contribution in [3.63, 3.8) is 0 Å². The van der Waals surface area contributed by atoms with Gasteiger partial charge in [0.25, 0.3) is 0 Å². The SMILES string of the molecule is Cc1cc(C)c(C)c(-c2c3cc(C4CCCC4)ccc3cc[n+]2C)c1.Cc1cc(C)c(C)c(-c2c3ccc(C4CCCC4)cc3cc[n+]2C)c1.Cc1cc(C)c(C)c(-c2c3cccc(C4CCCC4)c3cc[n+]2C)c1.Cc1cc(C)c(C)c(-c2c3ccccc3cc[n+]2C)c1.Cc1ccccc1-c1c2ccccc2cc(C)[n+]1C. The highest BCUT2D eigenvalue weighted by atomic mass is 15.0. The lowest BCUT2D eigenvalue weighted by Gasteiger charge is -2.15. The molecule has 0 radical (unpaired) electrons. The van der Waals surface area contributed by atoms with E-state index in [2.05, 4.69) is 386 Å². The van der Waals surface area contributed by atoms with Crippen LogP contribution in [-0.2, 0) is 35.2 Å². The molecule has 5 heterocycles. The van der Waals surface area contributed by atoms with Crippen LogP contribution in [0.3, 0.4) is 0 Å². The van der Waals surface area contributed by atoms with Gasteiger partial charge in [-0.25, -0.2) is 18.3 Å². The molecular weight excluding hydrogens is 1380 g/mol. The van der Waals surface area contributed by atoms with E-state index in [1.54, 1.807) is 5.56 Å². The third kappa shape index (κ3) is 16.6. The Balaban J connectivity index is 0.000000118. The zero-order chi connectivity index (χ0) is 80.3. The molecule has 0 bridgehead atoms. The van der Waals surface area contributed by atoms with E-state index in [0.29, 0.717) is 0 Å². The largest absolute Gasteiger partial charge is 0.220 e. The van der Waals surface area contributed by atoms with Gasteiger partial charge < -0.3 is 0 Å². The van der Waals surface area contributed by atoms with Crippen LogP contribution in [0.5, 0.6) is 0 Å². The van der Waals surface area contributed by atoms with Gasteiger partial charge in [0.1, 0.15) is 35.2 Å². The quantitative estimate of drug-likeness (QED) is 0.135. The summed E-state index contributed by atoms with van der Waals surface area (Å²) in [5, 5.41) is 13.5. The van der Waals surface area contributed by atoms with Gasteiger partial charge in [0, 0.05) is 42.8 Å². The highest BCUT2D eigenvalue weighted by molar-refractivity contribution is 5.99. The van der Waals surface area contributed by atoms with Crippen molar-refractivity contribution in [1.82, 2.24) is 0 Å². The van der Waals surface area contributed by atoms with Crippen molar-refractivity contribution in [2.75, 3.05) is 0 Å². The molecule has 5 heteroatoms. The molecule has 3 aliphatic carbocycles. The molecule has 3 fully saturated rings. The first kappa shape index (κ1) is 79.9. The second-order valence-electron chi connectivity index (χ2n) is 34.2. The third-order valence-electron chi connectivity index (χ3n) is 26.1. The molecule has 10 aromatic carbocycles. The summed E-state index contributed by atoms with van der Waals surface area (Å²) in [6.07, 6.45) is 25.2. The molecule has 0 N–H and O–H groups in total. The number of pyridine rings is 5. The molecule has 0 saturated heterocycles. The number of benzene rings is 10. The molecule has 578 valence electrons. The fourth-order valence-corrected chi connectivity index (χ4v) is 19.3. The second-order valence-corrected chi connectivity index (χ2v) is 34.2. The smallest absolute Gasteiger partial charge is 0.200 e. The van der Waals surface area contributed by atoms with Crippen LogP contribution in [0.15, 0.2) is 231 Å². The van der Waals surface area contributed by atoms with Crippen molar-refractivity contribution in [3.8, 4) is 56.3 Å².